The molecule has 0 unspecified atom stereocenters. The zero-order valence-electron chi connectivity index (χ0n) is 12.6. The first-order valence-electron chi connectivity index (χ1n) is 6.97. The lowest BCUT2D eigenvalue weighted by atomic mass is 10.0. The van der Waals surface area contributed by atoms with E-state index in [4.69, 9.17) is 9.15 Å². The van der Waals surface area contributed by atoms with E-state index < -0.39 is 11.4 Å². The van der Waals surface area contributed by atoms with Crippen LogP contribution in [0.2, 0.25) is 0 Å². The smallest absolute Gasteiger partial charge is 0.343 e. The van der Waals surface area contributed by atoms with Crippen molar-refractivity contribution in [1.82, 2.24) is 0 Å². The van der Waals surface area contributed by atoms with Crippen LogP contribution in [0.1, 0.15) is 15.9 Å². The normalized spacial score (nSPS) is 10.7. The molecule has 0 saturated carbocycles. The molecule has 5 heteroatoms. The summed E-state index contributed by atoms with van der Waals surface area (Å²) in [7, 11) is 1.46. The molecule has 0 aliphatic carbocycles. The van der Waals surface area contributed by atoms with Crippen molar-refractivity contribution in [3.8, 4) is 17.1 Å². The Kier molecular flexibility index (Phi) is 3.62. The number of aryl methyl sites for hydroxylation is 1. The van der Waals surface area contributed by atoms with Crippen LogP contribution in [0.3, 0.4) is 0 Å². The third kappa shape index (κ3) is 2.46. The average molecular weight is 310 g/mol. The van der Waals surface area contributed by atoms with E-state index in [0.717, 1.165) is 5.56 Å². The van der Waals surface area contributed by atoms with Gasteiger partial charge in [-0.1, -0.05) is 29.8 Å². The molecule has 0 atom stereocenters. The predicted molar refractivity (Wildman–Crippen MR) is 86.2 cm³/mol. The highest BCUT2D eigenvalue weighted by atomic mass is 16.5. The monoisotopic (exact) mass is 310 g/mol. The molecule has 3 rings (SSSR count). The molecule has 5 nitrogen and oxygen atoms in total. The maximum atomic E-state index is 12.6. The molecule has 0 fully saturated rings. The van der Waals surface area contributed by atoms with Gasteiger partial charge in [-0.25, -0.2) is 4.79 Å². The highest BCUT2D eigenvalue weighted by molar-refractivity contribution is 5.98. The van der Waals surface area contributed by atoms with Gasteiger partial charge < -0.3 is 14.3 Å². The molecule has 1 N–H and O–H groups in total. The van der Waals surface area contributed by atoms with Crippen molar-refractivity contribution >= 4 is 16.9 Å². The first kappa shape index (κ1) is 14.8. The number of ether oxygens (including phenoxy) is 1. The van der Waals surface area contributed by atoms with Gasteiger partial charge in [0.1, 0.15) is 0 Å². The van der Waals surface area contributed by atoms with Crippen LogP contribution in [0, 0.1) is 6.92 Å². The molecular weight excluding hydrogens is 296 g/mol. The lowest BCUT2D eigenvalue weighted by Crippen LogP contribution is -2.16. The molecule has 116 valence electrons. The number of hydrogen-bond acceptors (Lipinski definition) is 4. The number of rotatable bonds is 3. The quantitative estimate of drug-likeness (QED) is 0.801. The molecule has 1 aromatic heterocycles. The molecule has 1 heterocycles. The van der Waals surface area contributed by atoms with Crippen molar-refractivity contribution in [2.75, 3.05) is 7.11 Å². The van der Waals surface area contributed by atoms with Crippen LogP contribution in [0.15, 0.2) is 51.7 Å². The van der Waals surface area contributed by atoms with Crippen LogP contribution in [0.4, 0.5) is 0 Å². The summed E-state index contributed by atoms with van der Waals surface area (Å²) in [4.78, 5) is 24.2. The van der Waals surface area contributed by atoms with Gasteiger partial charge in [-0.3, -0.25) is 4.79 Å². The zero-order valence-corrected chi connectivity index (χ0v) is 12.6. The van der Waals surface area contributed by atoms with Crippen LogP contribution >= 0.6 is 0 Å². The van der Waals surface area contributed by atoms with Gasteiger partial charge in [-0.2, -0.15) is 0 Å². The van der Waals surface area contributed by atoms with Gasteiger partial charge in [0.05, 0.1) is 12.5 Å². The first-order chi connectivity index (χ1) is 11.0. The summed E-state index contributed by atoms with van der Waals surface area (Å²) >= 11 is 0. The Labute approximate surface area is 131 Å². The average Bonchev–Trinajstić information content (AvgIpc) is 2.53. The van der Waals surface area contributed by atoms with E-state index in [0.29, 0.717) is 11.3 Å². The summed E-state index contributed by atoms with van der Waals surface area (Å²) in [6.45, 7) is 1.88. The molecule has 0 aliphatic heterocycles. The Morgan fingerprint density at radius 3 is 2.57 bits per heavy atom. The Hall–Kier alpha value is -3.08. The van der Waals surface area contributed by atoms with Gasteiger partial charge in [-0.15, -0.1) is 0 Å². The second-order valence-electron chi connectivity index (χ2n) is 5.15. The van der Waals surface area contributed by atoms with Gasteiger partial charge in [0.2, 0.25) is 5.43 Å². The van der Waals surface area contributed by atoms with Crippen molar-refractivity contribution in [1.29, 1.82) is 0 Å². The van der Waals surface area contributed by atoms with Gasteiger partial charge in [-0.05, 0) is 25.1 Å². The highest BCUT2D eigenvalue weighted by Gasteiger charge is 2.23. The summed E-state index contributed by atoms with van der Waals surface area (Å²) in [6.07, 6.45) is 0. The van der Waals surface area contributed by atoms with E-state index in [9.17, 15) is 14.7 Å². The van der Waals surface area contributed by atoms with Crippen LogP contribution in [0.25, 0.3) is 22.3 Å². The molecule has 0 saturated heterocycles. The second-order valence-corrected chi connectivity index (χ2v) is 5.15. The van der Waals surface area contributed by atoms with E-state index in [1.54, 1.807) is 30.3 Å². The number of para-hydroxylation sites is 1. The Balaban J connectivity index is 2.47. The molecule has 0 aliphatic rings. The summed E-state index contributed by atoms with van der Waals surface area (Å²) in [5, 5.41) is 9.65. The zero-order chi connectivity index (χ0) is 16.6. The van der Waals surface area contributed by atoms with Gasteiger partial charge in [0, 0.05) is 5.56 Å². The fraction of sp³-hybridized carbons (Fsp3) is 0.111. The standard InChI is InChI=1S/C18H14O5/c1-10-5-3-6-11(9-10)16-14(18(20)21)15(19)12-7-4-8-13(22-2)17(12)23-16/h3-9H,1-2H3,(H,20,21). The molecule has 0 spiro atoms. The lowest BCUT2D eigenvalue weighted by Gasteiger charge is -2.10. The highest BCUT2D eigenvalue weighted by Crippen LogP contribution is 2.31. The minimum Gasteiger partial charge on any atom is -0.493 e. The Morgan fingerprint density at radius 1 is 1.17 bits per heavy atom. The molecular formula is C18H14O5. The van der Waals surface area contributed by atoms with Crippen molar-refractivity contribution in [2.24, 2.45) is 0 Å². The van der Waals surface area contributed by atoms with E-state index in [2.05, 4.69) is 0 Å². The maximum Gasteiger partial charge on any atom is 0.343 e. The van der Waals surface area contributed by atoms with Crippen molar-refractivity contribution in [3.63, 3.8) is 0 Å². The van der Waals surface area contributed by atoms with Crippen LogP contribution in [0.5, 0.6) is 5.75 Å². The molecule has 0 radical (unpaired) electrons. The van der Waals surface area contributed by atoms with Crippen molar-refractivity contribution < 1.29 is 19.1 Å². The van der Waals surface area contributed by atoms with Crippen molar-refractivity contribution in [3.05, 3.63) is 63.8 Å². The van der Waals surface area contributed by atoms with Crippen LogP contribution in [-0.2, 0) is 0 Å². The van der Waals surface area contributed by atoms with E-state index in [1.165, 1.54) is 13.2 Å². The SMILES string of the molecule is COc1cccc2c(=O)c(C(=O)O)c(-c3cccc(C)c3)oc12. The number of carboxylic acids is 1. The molecule has 0 amide bonds. The third-order valence-electron chi connectivity index (χ3n) is 3.60. The largest absolute Gasteiger partial charge is 0.493 e. The van der Waals surface area contributed by atoms with E-state index in [-0.39, 0.29) is 22.3 Å². The summed E-state index contributed by atoms with van der Waals surface area (Å²) in [6, 6.07) is 11.9. The number of fused-ring (bicyclic) bond motifs is 1. The number of aromatic carboxylic acids is 1. The third-order valence-corrected chi connectivity index (χ3v) is 3.60. The minimum absolute atomic E-state index is 0.0307. The second kappa shape index (κ2) is 5.61. The summed E-state index contributed by atoms with van der Waals surface area (Å²) < 4.78 is 11.0. The van der Waals surface area contributed by atoms with E-state index >= 15 is 0 Å². The van der Waals surface area contributed by atoms with Crippen LogP contribution < -0.4 is 10.2 Å². The molecule has 2 aromatic carbocycles. The molecule has 23 heavy (non-hydrogen) atoms. The number of carboxylic acid groups (broad SMARTS) is 1. The minimum atomic E-state index is -1.32. The van der Waals surface area contributed by atoms with Crippen LogP contribution in [-0.4, -0.2) is 18.2 Å². The number of methoxy groups -OCH3 is 1. The number of benzene rings is 2. The maximum absolute atomic E-state index is 12.6. The Bertz CT molecular complexity index is 969. The number of carbonyl (C=O) groups is 1. The van der Waals surface area contributed by atoms with Gasteiger partial charge >= 0.3 is 5.97 Å². The fourth-order valence-corrected chi connectivity index (χ4v) is 2.54. The predicted octanol–water partition coefficient (Wildman–Crippen LogP) is 3.48. The van der Waals surface area contributed by atoms with E-state index in [1.807, 2.05) is 13.0 Å². The lowest BCUT2D eigenvalue weighted by molar-refractivity contribution is 0.0694. The summed E-state index contributed by atoms with van der Waals surface area (Å²) in [5.41, 5.74) is 0.737. The topological polar surface area (TPSA) is 76.7 Å². The molecule has 0 bridgehead atoms. The fourth-order valence-electron chi connectivity index (χ4n) is 2.54. The van der Waals surface area contributed by atoms with Gasteiger partial charge in [0.25, 0.3) is 0 Å². The van der Waals surface area contributed by atoms with Gasteiger partial charge in [0.15, 0.2) is 22.7 Å². The first-order valence-corrected chi connectivity index (χ1v) is 6.97. The van der Waals surface area contributed by atoms with Crippen molar-refractivity contribution in [2.45, 2.75) is 6.92 Å². The summed E-state index contributed by atoms with van der Waals surface area (Å²) in [5.74, 6) is -0.909. The molecule has 3 aromatic rings. The number of hydrogen-bond donors (Lipinski definition) is 1. The Morgan fingerprint density at radius 2 is 1.91 bits per heavy atom.